The SMILES string of the molecule is CC(C)N(C)CCc1ccc2ncoc2c1. The zero-order chi connectivity index (χ0) is 11.5. The summed E-state index contributed by atoms with van der Waals surface area (Å²) < 4.78 is 5.29. The maximum absolute atomic E-state index is 5.29. The fourth-order valence-electron chi connectivity index (χ4n) is 1.62. The van der Waals surface area contributed by atoms with E-state index in [1.165, 1.54) is 12.0 Å². The third-order valence-corrected chi connectivity index (χ3v) is 3.03. The summed E-state index contributed by atoms with van der Waals surface area (Å²) in [7, 11) is 2.15. The van der Waals surface area contributed by atoms with E-state index in [0.29, 0.717) is 6.04 Å². The molecule has 0 amide bonds. The lowest BCUT2D eigenvalue weighted by atomic mass is 10.1. The van der Waals surface area contributed by atoms with E-state index < -0.39 is 0 Å². The van der Waals surface area contributed by atoms with Crippen molar-refractivity contribution in [3.63, 3.8) is 0 Å². The molecule has 2 aromatic rings. The Balaban J connectivity index is 2.04. The first-order chi connectivity index (χ1) is 7.66. The summed E-state index contributed by atoms with van der Waals surface area (Å²) in [6, 6.07) is 6.81. The van der Waals surface area contributed by atoms with E-state index in [1.807, 2.05) is 6.07 Å². The van der Waals surface area contributed by atoms with Crippen molar-refractivity contribution in [3.8, 4) is 0 Å². The highest BCUT2D eigenvalue weighted by Crippen LogP contribution is 2.14. The van der Waals surface area contributed by atoms with Crippen LogP contribution in [0, 0.1) is 0 Å². The van der Waals surface area contributed by atoms with Crippen LogP contribution in [0.1, 0.15) is 19.4 Å². The third kappa shape index (κ3) is 2.42. The fourth-order valence-corrected chi connectivity index (χ4v) is 1.62. The summed E-state index contributed by atoms with van der Waals surface area (Å²) in [6.45, 7) is 5.48. The summed E-state index contributed by atoms with van der Waals surface area (Å²) in [6.07, 6.45) is 2.54. The second-order valence-corrected chi connectivity index (χ2v) is 4.48. The average Bonchev–Trinajstić information content (AvgIpc) is 2.72. The van der Waals surface area contributed by atoms with Gasteiger partial charge in [-0.3, -0.25) is 0 Å². The number of hydrogen-bond donors (Lipinski definition) is 0. The van der Waals surface area contributed by atoms with Gasteiger partial charge in [0.1, 0.15) is 5.52 Å². The molecule has 3 heteroatoms. The molecule has 0 aliphatic rings. The molecule has 1 aromatic heterocycles. The summed E-state index contributed by atoms with van der Waals surface area (Å²) in [4.78, 5) is 6.44. The number of nitrogens with zero attached hydrogens (tertiary/aromatic N) is 2. The second kappa shape index (κ2) is 4.66. The van der Waals surface area contributed by atoms with Crippen LogP contribution in [0.3, 0.4) is 0 Å². The van der Waals surface area contributed by atoms with Crippen molar-refractivity contribution in [3.05, 3.63) is 30.2 Å². The van der Waals surface area contributed by atoms with Gasteiger partial charge in [0.2, 0.25) is 0 Å². The first-order valence-electron chi connectivity index (χ1n) is 5.69. The number of rotatable bonds is 4. The smallest absolute Gasteiger partial charge is 0.181 e. The van der Waals surface area contributed by atoms with Gasteiger partial charge in [0.05, 0.1) is 0 Å². The Hall–Kier alpha value is -1.35. The third-order valence-electron chi connectivity index (χ3n) is 3.03. The zero-order valence-electron chi connectivity index (χ0n) is 10.1. The van der Waals surface area contributed by atoms with E-state index in [2.05, 4.69) is 42.9 Å². The van der Waals surface area contributed by atoms with Crippen molar-refractivity contribution in [1.82, 2.24) is 9.88 Å². The summed E-state index contributed by atoms with van der Waals surface area (Å²) >= 11 is 0. The lowest BCUT2D eigenvalue weighted by Gasteiger charge is -2.20. The zero-order valence-corrected chi connectivity index (χ0v) is 10.1. The molecule has 0 radical (unpaired) electrons. The van der Waals surface area contributed by atoms with E-state index >= 15 is 0 Å². The maximum atomic E-state index is 5.29. The van der Waals surface area contributed by atoms with Gasteiger partial charge in [-0.15, -0.1) is 0 Å². The largest absolute Gasteiger partial charge is 0.443 e. The van der Waals surface area contributed by atoms with Gasteiger partial charge in [-0.2, -0.15) is 0 Å². The second-order valence-electron chi connectivity index (χ2n) is 4.48. The van der Waals surface area contributed by atoms with Gasteiger partial charge in [-0.1, -0.05) is 6.07 Å². The molecule has 0 fully saturated rings. The quantitative estimate of drug-likeness (QED) is 0.790. The van der Waals surface area contributed by atoms with Gasteiger partial charge < -0.3 is 9.32 Å². The molecule has 0 spiro atoms. The molecule has 0 atom stereocenters. The van der Waals surface area contributed by atoms with E-state index in [9.17, 15) is 0 Å². The Morgan fingerprint density at radius 1 is 1.38 bits per heavy atom. The van der Waals surface area contributed by atoms with Crippen molar-refractivity contribution in [2.45, 2.75) is 26.3 Å². The van der Waals surface area contributed by atoms with Crippen LogP contribution in [0.25, 0.3) is 11.1 Å². The normalized spacial score (nSPS) is 11.8. The number of hydrogen-bond acceptors (Lipinski definition) is 3. The Bertz CT molecular complexity index is 462. The molecule has 0 N–H and O–H groups in total. The first-order valence-corrected chi connectivity index (χ1v) is 5.69. The molecule has 0 saturated carbocycles. The average molecular weight is 218 g/mol. The molecule has 2 rings (SSSR count). The predicted octanol–water partition coefficient (Wildman–Crippen LogP) is 2.71. The Kier molecular flexibility index (Phi) is 3.25. The van der Waals surface area contributed by atoms with E-state index in [-0.39, 0.29) is 0 Å². The minimum absolute atomic E-state index is 0.592. The van der Waals surface area contributed by atoms with Crippen LogP contribution in [0.2, 0.25) is 0 Å². The molecular weight excluding hydrogens is 200 g/mol. The van der Waals surface area contributed by atoms with Crippen molar-refractivity contribution in [2.75, 3.05) is 13.6 Å². The minimum atomic E-state index is 0.592. The Morgan fingerprint density at radius 2 is 2.19 bits per heavy atom. The molecule has 0 aliphatic carbocycles. The molecule has 0 bridgehead atoms. The van der Waals surface area contributed by atoms with Crippen molar-refractivity contribution >= 4 is 11.1 Å². The summed E-state index contributed by atoms with van der Waals surface area (Å²) in [5.74, 6) is 0. The topological polar surface area (TPSA) is 29.3 Å². The molecule has 1 heterocycles. The molecule has 0 aliphatic heterocycles. The van der Waals surface area contributed by atoms with Crippen LogP contribution < -0.4 is 0 Å². The molecule has 16 heavy (non-hydrogen) atoms. The van der Waals surface area contributed by atoms with Gasteiger partial charge in [0.25, 0.3) is 0 Å². The van der Waals surface area contributed by atoms with Crippen LogP contribution >= 0.6 is 0 Å². The molecule has 0 unspecified atom stereocenters. The minimum Gasteiger partial charge on any atom is -0.443 e. The Morgan fingerprint density at radius 3 is 2.94 bits per heavy atom. The van der Waals surface area contributed by atoms with Crippen LogP contribution in [0.5, 0.6) is 0 Å². The fraction of sp³-hybridized carbons (Fsp3) is 0.462. The van der Waals surface area contributed by atoms with Crippen molar-refractivity contribution in [2.24, 2.45) is 0 Å². The van der Waals surface area contributed by atoms with Gasteiger partial charge in [-0.05, 0) is 45.0 Å². The number of likely N-dealkylation sites (N-methyl/N-ethyl adjacent to an activating group) is 1. The highest BCUT2D eigenvalue weighted by Gasteiger charge is 2.04. The van der Waals surface area contributed by atoms with Gasteiger partial charge in [0, 0.05) is 12.6 Å². The summed E-state index contributed by atoms with van der Waals surface area (Å²) in [5.41, 5.74) is 3.11. The highest BCUT2D eigenvalue weighted by atomic mass is 16.3. The summed E-state index contributed by atoms with van der Waals surface area (Å²) in [5, 5.41) is 0. The van der Waals surface area contributed by atoms with Crippen molar-refractivity contribution in [1.29, 1.82) is 0 Å². The number of fused-ring (bicyclic) bond motifs is 1. The lowest BCUT2D eigenvalue weighted by Crippen LogP contribution is -2.28. The number of aromatic nitrogens is 1. The number of oxazole rings is 1. The van der Waals surface area contributed by atoms with Gasteiger partial charge >= 0.3 is 0 Å². The van der Waals surface area contributed by atoms with Crippen LogP contribution in [0.15, 0.2) is 29.0 Å². The van der Waals surface area contributed by atoms with E-state index in [1.54, 1.807) is 0 Å². The molecule has 86 valence electrons. The highest BCUT2D eigenvalue weighted by molar-refractivity contribution is 5.72. The first kappa shape index (κ1) is 11.1. The van der Waals surface area contributed by atoms with E-state index in [4.69, 9.17) is 4.42 Å². The monoisotopic (exact) mass is 218 g/mol. The van der Waals surface area contributed by atoms with Crippen LogP contribution in [-0.4, -0.2) is 29.5 Å². The lowest BCUT2D eigenvalue weighted by molar-refractivity contribution is 0.277. The molecule has 1 aromatic carbocycles. The van der Waals surface area contributed by atoms with Crippen LogP contribution in [-0.2, 0) is 6.42 Å². The molecule has 3 nitrogen and oxygen atoms in total. The molecular formula is C13H18N2O. The maximum Gasteiger partial charge on any atom is 0.181 e. The number of benzene rings is 1. The molecule has 0 saturated heterocycles. The van der Waals surface area contributed by atoms with Crippen LogP contribution in [0.4, 0.5) is 0 Å². The predicted molar refractivity (Wildman–Crippen MR) is 65.5 cm³/mol. The van der Waals surface area contributed by atoms with E-state index in [0.717, 1.165) is 24.1 Å². The van der Waals surface area contributed by atoms with Crippen molar-refractivity contribution < 1.29 is 4.42 Å². The van der Waals surface area contributed by atoms with Gasteiger partial charge in [0.15, 0.2) is 12.0 Å². The Labute approximate surface area is 96.1 Å². The standard InChI is InChI=1S/C13H18N2O/c1-10(2)15(3)7-6-11-4-5-12-13(8-11)16-9-14-12/h4-5,8-10H,6-7H2,1-3H3. The van der Waals surface area contributed by atoms with Gasteiger partial charge in [-0.25, -0.2) is 4.98 Å².